The number of hydrogen-bond acceptors (Lipinski definition) is 3. The fourth-order valence-electron chi connectivity index (χ4n) is 2.09. The molecule has 0 aliphatic heterocycles. The summed E-state index contributed by atoms with van der Waals surface area (Å²) in [5, 5.41) is 8.94. The summed E-state index contributed by atoms with van der Waals surface area (Å²) in [5.74, 6) is 0. The van der Waals surface area contributed by atoms with Crippen molar-refractivity contribution in [1.29, 1.82) is 0 Å². The molecule has 0 saturated carbocycles. The van der Waals surface area contributed by atoms with E-state index >= 15 is 0 Å². The normalized spacial score (nSPS) is 11.1. The Morgan fingerprint density at radius 2 is 2.00 bits per heavy atom. The predicted molar refractivity (Wildman–Crippen MR) is 76.6 cm³/mol. The van der Waals surface area contributed by atoms with Crippen molar-refractivity contribution in [1.82, 2.24) is 15.0 Å². The van der Waals surface area contributed by atoms with Crippen molar-refractivity contribution in [2.75, 3.05) is 6.54 Å². The first kappa shape index (κ1) is 12.1. The highest BCUT2D eigenvalue weighted by atomic mass is 35.5. The number of benzene rings is 2. The minimum Gasteiger partial charge on any atom is -0.330 e. The number of para-hydroxylation sites is 1. The summed E-state index contributed by atoms with van der Waals surface area (Å²) in [5.41, 5.74) is 9.29. The summed E-state index contributed by atoms with van der Waals surface area (Å²) in [6.07, 6.45) is 0.818. The van der Waals surface area contributed by atoms with Crippen LogP contribution in [0.2, 0.25) is 5.02 Å². The standard InChI is InChI=1S/C14H13ClN4/c15-11-9-10(7-8-16)5-6-13(11)19-14-4-2-1-3-12(14)17-18-19/h1-6,9H,7-8,16H2. The van der Waals surface area contributed by atoms with Crippen LogP contribution in [0.15, 0.2) is 42.5 Å². The molecule has 0 radical (unpaired) electrons. The molecule has 0 spiro atoms. The van der Waals surface area contributed by atoms with Gasteiger partial charge in [0.1, 0.15) is 5.52 Å². The summed E-state index contributed by atoms with van der Waals surface area (Å²) >= 11 is 6.33. The van der Waals surface area contributed by atoms with Gasteiger partial charge in [0.15, 0.2) is 0 Å². The molecule has 19 heavy (non-hydrogen) atoms. The highest BCUT2D eigenvalue weighted by Crippen LogP contribution is 2.24. The fourth-order valence-corrected chi connectivity index (χ4v) is 2.37. The molecule has 0 aliphatic rings. The van der Waals surface area contributed by atoms with Crippen LogP contribution < -0.4 is 5.73 Å². The van der Waals surface area contributed by atoms with Gasteiger partial charge >= 0.3 is 0 Å². The molecule has 0 atom stereocenters. The SMILES string of the molecule is NCCc1ccc(-n2nnc3ccccc32)c(Cl)c1. The summed E-state index contributed by atoms with van der Waals surface area (Å²) < 4.78 is 1.75. The van der Waals surface area contributed by atoms with Crippen LogP contribution in [0.3, 0.4) is 0 Å². The first-order valence-corrected chi connectivity index (χ1v) is 6.46. The van der Waals surface area contributed by atoms with Gasteiger partial charge in [0, 0.05) is 0 Å². The van der Waals surface area contributed by atoms with Gasteiger partial charge in [-0.3, -0.25) is 0 Å². The van der Waals surface area contributed by atoms with Crippen molar-refractivity contribution >= 4 is 22.6 Å². The largest absolute Gasteiger partial charge is 0.330 e. The van der Waals surface area contributed by atoms with Crippen LogP contribution in [-0.2, 0) is 6.42 Å². The Bertz CT molecular complexity index is 720. The van der Waals surface area contributed by atoms with Crippen molar-refractivity contribution in [2.24, 2.45) is 5.73 Å². The Kier molecular flexibility index (Phi) is 3.19. The summed E-state index contributed by atoms with van der Waals surface area (Å²) in [6, 6.07) is 13.7. The monoisotopic (exact) mass is 272 g/mol. The minimum absolute atomic E-state index is 0.613. The van der Waals surface area contributed by atoms with E-state index in [0.29, 0.717) is 11.6 Å². The van der Waals surface area contributed by atoms with E-state index < -0.39 is 0 Å². The number of nitrogens with two attached hydrogens (primary N) is 1. The number of rotatable bonds is 3. The molecule has 0 amide bonds. The van der Waals surface area contributed by atoms with Gasteiger partial charge in [0.2, 0.25) is 0 Å². The van der Waals surface area contributed by atoms with Crippen LogP contribution in [0.5, 0.6) is 0 Å². The summed E-state index contributed by atoms with van der Waals surface area (Å²) in [6.45, 7) is 0.613. The number of halogens is 1. The molecular weight excluding hydrogens is 260 g/mol. The van der Waals surface area contributed by atoms with E-state index in [1.807, 2.05) is 42.5 Å². The summed E-state index contributed by atoms with van der Waals surface area (Å²) in [7, 11) is 0. The van der Waals surface area contributed by atoms with Crippen LogP contribution in [0, 0.1) is 0 Å². The molecule has 1 heterocycles. The minimum atomic E-state index is 0.613. The van der Waals surface area contributed by atoms with Gasteiger partial charge in [-0.2, -0.15) is 0 Å². The Labute approximate surface area is 115 Å². The molecule has 2 aromatic carbocycles. The van der Waals surface area contributed by atoms with Crippen LogP contribution >= 0.6 is 11.6 Å². The van der Waals surface area contributed by atoms with E-state index in [2.05, 4.69) is 10.3 Å². The Morgan fingerprint density at radius 3 is 2.79 bits per heavy atom. The zero-order valence-corrected chi connectivity index (χ0v) is 11.0. The third-order valence-electron chi connectivity index (χ3n) is 3.03. The predicted octanol–water partition coefficient (Wildman–Crippen LogP) is 2.58. The lowest BCUT2D eigenvalue weighted by Crippen LogP contribution is -2.03. The topological polar surface area (TPSA) is 56.7 Å². The highest BCUT2D eigenvalue weighted by Gasteiger charge is 2.09. The van der Waals surface area contributed by atoms with Gasteiger partial charge in [-0.25, -0.2) is 4.68 Å². The Hall–Kier alpha value is -1.91. The van der Waals surface area contributed by atoms with Gasteiger partial charge in [-0.1, -0.05) is 35.0 Å². The zero-order chi connectivity index (χ0) is 13.2. The Morgan fingerprint density at radius 1 is 1.16 bits per heavy atom. The molecule has 0 saturated heterocycles. The second kappa shape index (κ2) is 4.99. The number of fused-ring (bicyclic) bond motifs is 1. The second-order valence-corrected chi connectivity index (χ2v) is 4.72. The lowest BCUT2D eigenvalue weighted by atomic mass is 10.1. The molecule has 5 heteroatoms. The average Bonchev–Trinajstić information content (AvgIpc) is 2.83. The van der Waals surface area contributed by atoms with Crippen LogP contribution in [0.25, 0.3) is 16.7 Å². The van der Waals surface area contributed by atoms with Gasteiger partial charge in [0.25, 0.3) is 0 Å². The number of aromatic nitrogens is 3. The molecule has 0 aliphatic carbocycles. The average molecular weight is 273 g/mol. The molecule has 96 valence electrons. The van der Waals surface area contributed by atoms with Crippen LogP contribution in [0.1, 0.15) is 5.56 Å². The maximum atomic E-state index is 6.33. The quantitative estimate of drug-likeness (QED) is 0.797. The van der Waals surface area contributed by atoms with Crippen molar-refractivity contribution in [3.8, 4) is 5.69 Å². The molecule has 3 aromatic rings. The molecule has 3 rings (SSSR count). The van der Waals surface area contributed by atoms with Crippen LogP contribution in [-0.4, -0.2) is 21.5 Å². The fraction of sp³-hybridized carbons (Fsp3) is 0.143. The van der Waals surface area contributed by atoms with Crippen molar-refractivity contribution in [2.45, 2.75) is 6.42 Å². The third kappa shape index (κ3) is 2.20. The Balaban J connectivity index is 2.11. The smallest absolute Gasteiger partial charge is 0.113 e. The molecule has 0 fully saturated rings. The first-order chi connectivity index (χ1) is 9.29. The van der Waals surface area contributed by atoms with E-state index in [1.54, 1.807) is 4.68 Å². The maximum Gasteiger partial charge on any atom is 0.113 e. The van der Waals surface area contributed by atoms with Gasteiger partial charge in [-0.05, 0) is 42.8 Å². The second-order valence-electron chi connectivity index (χ2n) is 4.31. The molecule has 2 N–H and O–H groups in total. The molecule has 0 unspecified atom stereocenters. The van der Waals surface area contributed by atoms with E-state index in [4.69, 9.17) is 17.3 Å². The highest BCUT2D eigenvalue weighted by molar-refractivity contribution is 6.32. The molecule has 4 nitrogen and oxygen atoms in total. The molecule has 1 aromatic heterocycles. The van der Waals surface area contributed by atoms with Crippen molar-refractivity contribution < 1.29 is 0 Å². The van der Waals surface area contributed by atoms with E-state index in [0.717, 1.165) is 28.7 Å². The molecule has 0 bridgehead atoms. The van der Waals surface area contributed by atoms with Gasteiger partial charge < -0.3 is 5.73 Å². The number of nitrogens with zero attached hydrogens (tertiary/aromatic N) is 3. The lowest BCUT2D eigenvalue weighted by molar-refractivity contribution is 0.823. The molecular formula is C14H13ClN4. The van der Waals surface area contributed by atoms with Crippen LogP contribution in [0.4, 0.5) is 0 Å². The van der Waals surface area contributed by atoms with E-state index in [-0.39, 0.29) is 0 Å². The van der Waals surface area contributed by atoms with E-state index in [1.165, 1.54) is 0 Å². The summed E-state index contributed by atoms with van der Waals surface area (Å²) in [4.78, 5) is 0. The first-order valence-electron chi connectivity index (χ1n) is 6.09. The maximum absolute atomic E-state index is 6.33. The van der Waals surface area contributed by atoms with Crippen molar-refractivity contribution in [3.05, 3.63) is 53.1 Å². The lowest BCUT2D eigenvalue weighted by Gasteiger charge is -2.07. The van der Waals surface area contributed by atoms with Crippen molar-refractivity contribution in [3.63, 3.8) is 0 Å². The van der Waals surface area contributed by atoms with Gasteiger partial charge in [0.05, 0.1) is 16.2 Å². The van der Waals surface area contributed by atoms with E-state index in [9.17, 15) is 0 Å². The zero-order valence-electron chi connectivity index (χ0n) is 10.3. The van der Waals surface area contributed by atoms with Gasteiger partial charge in [-0.15, -0.1) is 5.10 Å². The third-order valence-corrected chi connectivity index (χ3v) is 3.33. The number of hydrogen-bond donors (Lipinski definition) is 1.